The van der Waals surface area contributed by atoms with E-state index in [9.17, 15) is 9.59 Å². The van der Waals surface area contributed by atoms with Crippen molar-refractivity contribution in [3.63, 3.8) is 0 Å². The number of aliphatic hydroxyl groups is 1. The molecule has 0 spiro atoms. The zero-order chi connectivity index (χ0) is 9.72. The van der Waals surface area contributed by atoms with E-state index in [4.69, 9.17) is 10.8 Å². The predicted octanol–water partition coefficient (Wildman–Crippen LogP) is -1.05. The minimum atomic E-state index is -1.20. The first kappa shape index (κ1) is 10.6. The number of nitrogens with two attached hydrogens (primary N) is 1. The van der Waals surface area contributed by atoms with E-state index in [2.05, 4.69) is 11.3 Å². The van der Waals surface area contributed by atoms with Gasteiger partial charge in [0.2, 0.25) is 5.91 Å². The molecule has 0 saturated heterocycles. The predicted molar refractivity (Wildman–Crippen MR) is 41.0 cm³/mol. The topological polar surface area (TPSA) is 89.6 Å². The second kappa shape index (κ2) is 4.50. The van der Waals surface area contributed by atoms with Crippen LogP contribution in [0.4, 0.5) is 0 Å². The van der Waals surface area contributed by atoms with Crippen molar-refractivity contribution >= 4 is 11.9 Å². The summed E-state index contributed by atoms with van der Waals surface area (Å²) in [5, 5.41) is 8.65. The van der Waals surface area contributed by atoms with E-state index in [1.807, 2.05) is 0 Å². The minimum Gasteiger partial charge on any atom is -0.459 e. The molecule has 0 saturated carbocycles. The number of esters is 1. The first-order chi connectivity index (χ1) is 5.45. The summed E-state index contributed by atoms with van der Waals surface area (Å²) >= 11 is 0. The van der Waals surface area contributed by atoms with E-state index in [-0.39, 0.29) is 12.2 Å². The van der Waals surface area contributed by atoms with Gasteiger partial charge in [-0.1, -0.05) is 6.58 Å². The normalized spacial score (nSPS) is 11.8. The molecule has 1 unspecified atom stereocenters. The zero-order valence-electron chi connectivity index (χ0n) is 6.74. The van der Waals surface area contributed by atoms with Gasteiger partial charge in [-0.25, -0.2) is 4.79 Å². The molecular formula is C7H11NO4. The van der Waals surface area contributed by atoms with Gasteiger partial charge in [0.15, 0.2) is 0 Å². The lowest BCUT2D eigenvalue weighted by molar-refractivity contribution is -0.151. The van der Waals surface area contributed by atoms with Crippen molar-refractivity contribution in [1.29, 1.82) is 0 Å². The third-order valence-corrected chi connectivity index (χ3v) is 1.08. The number of rotatable bonds is 4. The maximum Gasteiger partial charge on any atom is 0.334 e. The van der Waals surface area contributed by atoms with Crippen LogP contribution < -0.4 is 5.73 Å². The highest BCUT2D eigenvalue weighted by Gasteiger charge is 2.11. The van der Waals surface area contributed by atoms with Gasteiger partial charge in [-0.2, -0.15) is 0 Å². The highest BCUT2D eigenvalue weighted by molar-refractivity contribution is 5.91. The van der Waals surface area contributed by atoms with Crippen molar-refractivity contribution in [2.45, 2.75) is 13.0 Å². The largest absolute Gasteiger partial charge is 0.459 e. The summed E-state index contributed by atoms with van der Waals surface area (Å²) in [5.74, 6) is -1.54. The lowest BCUT2D eigenvalue weighted by Gasteiger charge is -2.05. The second-order valence-electron chi connectivity index (χ2n) is 2.25. The first-order valence-electron chi connectivity index (χ1n) is 3.27. The third-order valence-electron chi connectivity index (χ3n) is 1.08. The summed E-state index contributed by atoms with van der Waals surface area (Å²) in [7, 11) is 0. The van der Waals surface area contributed by atoms with Crippen LogP contribution >= 0.6 is 0 Å². The van der Waals surface area contributed by atoms with Gasteiger partial charge in [0, 0.05) is 5.57 Å². The van der Waals surface area contributed by atoms with Gasteiger partial charge in [0.25, 0.3) is 0 Å². The van der Waals surface area contributed by atoms with Crippen LogP contribution in [0.15, 0.2) is 12.2 Å². The molecule has 0 aliphatic rings. The molecule has 1 amide bonds. The van der Waals surface area contributed by atoms with Crippen LogP contribution in [0.25, 0.3) is 0 Å². The summed E-state index contributed by atoms with van der Waals surface area (Å²) in [6.07, 6.45) is -1.20. The van der Waals surface area contributed by atoms with Crippen molar-refractivity contribution < 1.29 is 19.4 Å². The lowest BCUT2D eigenvalue weighted by atomic mass is 10.3. The van der Waals surface area contributed by atoms with Gasteiger partial charge in [-0.05, 0) is 6.92 Å². The molecular weight excluding hydrogens is 162 g/mol. The van der Waals surface area contributed by atoms with Crippen LogP contribution in [0.5, 0.6) is 0 Å². The van der Waals surface area contributed by atoms with Crippen LogP contribution in [-0.2, 0) is 14.3 Å². The van der Waals surface area contributed by atoms with E-state index in [0.717, 1.165) is 0 Å². The maximum absolute atomic E-state index is 10.6. The Kier molecular flexibility index (Phi) is 3.99. The Morgan fingerprint density at radius 3 is 2.50 bits per heavy atom. The van der Waals surface area contributed by atoms with Crippen molar-refractivity contribution in [2.75, 3.05) is 6.61 Å². The molecule has 0 rings (SSSR count). The minimum absolute atomic E-state index is 0.0102. The quantitative estimate of drug-likeness (QED) is 0.419. The molecule has 5 nitrogen and oxygen atoms in total. The first-order valence-corrected chi connectivity index (χ1v) is 3.27. The number of carbonyl (C=O) groups excluding carboxylic acids is 2. The van der Waals surface area contributed by atoms with Crippen molar-refractivity contribution in [2.24, 2.45) is 5.73 Å². The highest BCUT2D eigenvalue weighted by atomic mass is 16.5. The number of hydrogen-bond acceptors (Lipinski definition) is 4. The Morgan fingerprint density at radius 2 is 2.17 bits per heavy atom. The summed E-state index contributed by atoms with van der Waals surface area (Å²) in [6.45, 7) is 4.23. The number of amides is 1. The Morgan fingerprint density at radius 1 is 1.67 bits per heavy atom. The van der Waals surface area contributed by atoms with E-state index in [1.165, 1.54) is 6.92 Å². The Labute approximate surface area is 69.8 Å². The smallest absolute Gasteiger partial charge is 0.334 e. The highest BCUT2D eigenvalue weighted by Crippen LogP contribution is 1.93. The van der Waals surface area contributed by atoms with Gasteiger partial charge in [0.1, 0.15) is 12.7 Å². The summed E-state index contributed by atoms with van der Waals surface area (Å²) in [6, 6.07) is 0. The van der Waals surface area contributed by atoms with Gasteiger partial charge in [-0.3, -0.25) is 4.79 Å². The average molecular weight is 173 g/mol. The molecule has 0 aliphatic heterocycles. The fourth-order valence-electron chi connectivity index (χ4n) is 0.350. The van der Waals surface area contributed by atoms with E-state index in [1.54, 1.807) is 0 Å². The van der Waals surface area contributed by atoms with Crippen molar-refractivity contribution in [1.82, 2.24) is 0 Å². The Hall–Kier alpha value is -1.36. The number of primary amides is 1. The molecule has 0 aromatic heterocycles. The number of aliphatic hydroxyl groups excluding tert-OH is 1. The molecule has 68 valence electrons. The molecule has 0 aliphatic carbocycles. The van der Waals surface area contributed by atoms with Crippen LogP contribution in [0, 0.1) is 0 Å². The van der Waals surface area contributed by atoms with E-state index >= 15 is 0 Å². The molecule has 3 N–H and O–H groups in total. The summed E-state index contributed by atoms with van der Waals surface area (Å²) < 4.78 is 4.44. The van der Waals surface area contributed by atoms with E-state index < -0.39 is 18.0 Å². The summed E-state index contributed by atoms with van der Waals surface area (Å²) in [5.41, 5.74) is 4.80. The van der Waals surface area contributed by atoms with Crippen LogP contribution in [0.3, 0.4) is 0 Å². The number of carbonyl (C=O) groups is 2. The summed E-state index contributed by atoms with van der Waals surface area (Å²) in [4.78, 5) is 21.0. The van der Waals surface area contributed by atoms with Gasteiger partial charge in [-0.15, -0.1) is 0 Å². The standard InChI is InChI=1S/C7H11NO4/c1-4(6(8)10)3-12-7(11)5(2)9/h5,9H,1,3H2,2H3,(H2,8,10). The number of hydrogen-bond donors (Lipinski definition) is 2. The zero-order valence-corrected chi connectivity index (χ0v) is 6.74. The van der Waals surface area contributed by atoms with Crippen LogP contribution in [-0.4, -0.2) is 29.7 Å². The fourth-order valence-corrected chi connectivity index (χ4v) is 0.350. The third kappa shape index (κ3) is 3.72. The average Bonchev–Trinajstić information content (AvgIpc) is 1.98. The monoisotopic (exact) mass is 173 g/mol. The van der Waals surface area contributed by atoms with E-state index in [0.29, 0.717) is 0 Å². The van der Waals surface area contributed by atoms with Gasteiger partial charge >= 0.3 is 5.97 Å². The molecule has 0 aromatic rings. The van der Waals surface area contributed by atoms with Crippen LogP contribution in [0.2, 0.25) is 0 Å². The molecule has 0 heterocycles. The maximum atomic E-state index is 10.6. The SMILES string of the molecule is C=C(COC(=O)C(C)O)C(N)=O. The van der Waals surface area contributed by atoms with Crippen molar-refractivity contribution in [3.05, 3.63) is 12.2 Å². The lowest BCUT2D eigenvalue weighted by Crippen LogP contribution is -2.23. The van der Waals surface area contributed by atoms with Crippen LogP contribution in [0.1, 0.15) is 6.92 Å². The molecule has 5 heteroatoms. The van der Waals surface area contributed by atoms with Crippen molar-refractivity contribution in [3.8, 4) is 0 Å². The van der Waals surface area contributed by atoms with Gasteiger partial charge < -0.3 is 15.6 Å². The molecule has 0 aromatic carbocycles. The molecule has 12 heavy (non-hydrogen) atoms. The van der Waals surface area contributed by atoms with Gasteiger partial charge in [0.05, 0.1) is 0 Å². The molecule has 0 radical (unpaired) electrons. The molecule has 0 bridgehead atoms. The Bertz CT molecular complexity index is 209. The molecule has 0 fully saturated rings. The Balaban J connectivity index is 3.77. The fraction of sp³-hybridized carbons (Fsp3) is 0.429. The second-order valence-corrected chi connectivity index (χ2v) is 2.25. The molecule has 1 atom stereocenters. The number of ether oxygens (including phenoxy) is 1.